The Balaban J connectivity index is 2.78. The van der Waals surface area contributed by atoms with Gasteiger partial charge in [-0.3, -0.25) is 0 Å². The van der Waals surface area contributed by atoms with Crippen molar-refractivity contribution >= 4 is 11.8 Å². The van der Waals surface area contributed by atoms with Crippen molar-refractivity contribution in [2.45, 2.75) is 30.4 Å². The van der Waals surface area contributed by atoms with E-state index >= 15 is 0 Å². The van der Waals surface area contributed by atoms with E-state index < -0.39 is 0 Å². The summed E-state index contributed by atoms with van der Waals surface area (Å²) in [6.07, 6.45) is 0.982. The average Bonchev–Trinajstić information content (AvgIpc) is 2.08. The van der Waals surface area contributed by atoms with Gasteiger partial charge in [-0.2, -0.15) is 0 Å². The molecule has 0 atom stereocenters. The molecule has 0 aromatic heterocycles. The van der Waals surface area contributed by atoms with Gasteiger partial charge in [0.25, 0.3) is 0 Å². The molecule has 0 amide bonds. The molecule has 0 aliphatic carbocycles. The lowest BCUT2D eigenvalue weighted by molar-refractivity contribution is 0.942. The topological polar surface area (TPSA) is 26.0 Å². The van der Waals surface area contributed by atoms with Crippen molar-refractivity contribution in [2.75, 3.05) is 6.54 Å². The lowest BCUT2D eigenvalue weighted by atomic mass is 10.1. The van der Waals surface area contributed by atoms with Crippen LogP contribution in [0.25, 0.3) is 0 Å². The van der Waals surface area contributed by atoms with Crippen LogP contribution in [0.5, 0.6) is 0 Å². The van der Waals surface area contributed by atoms with Gasteiger partial charge < -0.3 is 5.73 Å². The Bertz CT molecular complexity index is 258. The summed E-state index contributed by atoms with van der Waals surface area (Å²) in [5.41, 5.74) is 6.93. The first kappa shape index (κ1) is 10.6. The van der Waals surface area contributed by atoms with Crippen LogP contribution in [0.15, 0.2) is 29.2 Å². The van der Waals surface area contributed by atoms with E-state index in [1.165, 1.54) is 10.5 Å². The number of nitrogens with two attached hydrogens (primary N) is 1. The van der Waals surface area contributed by atoms with Gasteiger partial charge in [-0.25, -0.2) is 0 Å². The molecule has 0 bridgehead atoms. The Hall–Kier alpha value is -0.470. The van der Waals surface area contributed by atoms with Crippen LogP contribution >= 0.6 is 11.8 Å². The molecule has 2 heteroatoms. The SMILES string of the molecule is CC(C)Sc1ccccc1CCN. The molecule has 0 fully saturated rings. The van der Waals surface area contributed by atoms with Gasteiger partial charge in [0.2, 0.25) is 0 Å². The van der Waals surface area contributed by atoms with Crippen LogP contribution in [0.3, 0.4) is 0 Å². The minimum Gasteiger partial charge on any atom is -0.330 e. The van der Waals surface area contributed by atoms with Gasteiger partial charge in [0.1, 0.15) is 0 Å². The lowest BCUT2D eigenvalue weighted by Gasteiger charge is -2.09. The van der Waals surface area contributed by atoms with E-state index in [-0.39, 0.29) is 0 Å². The summed E-state index contributed by atoms with van der Waals surface area (Å²) in [5.74, 6) is 0. The highest BCUT2D eigenvalue weighted by molar-refractivity contribution is 8.00. The molecule has 0 spiro atoms. The van der Waals surface area contributed by atoms with E-state index in [1.54, 1.807) is 0 Å². The maximum atomic E-state index is 5.55. The molecule has 0 aliphatic heterocycles. The molecule has 0 aliphatic rings. The average molecular weight is 195 g/mol. The summed E-state index contributed by atoms with van der Waals surface area (Å²) in [6.45, 7) is 5.16. The number of thioether (sulfide) groups is 1. The first-order chi connectivity index (χ1) is 6.24. The Morgan fingerprint density at radius 2 is 2.00 bits per heavy atom. The fraction of sp³-hybridized carbons (Fsp3) is 0.455. The molecule has 13 heavy (non-hydrogen) atoms. The highest BCUT2D eigenvalue weighted by Crippen LogP contribution is 2.26. The molecular weight excluding hydrogens is 178 g/mol. The molecule has 0 heterocycles. The standard InChI is InChI=1S/C11H17NS/c1-9(2)13-11-6-4-3-5-10(11)7-8-12/h3-6,9H,7-8,12H2,1-2H3. The van der Waals surface area contributed by atoms with E-state index in [2.05, 4.69) is 38.1 Å². The van der Waals surface area contributed by atoms with Crippen LogP contribution in [0.1, 0.15) is 19.4 Å². The van der Waals surface area contributed by atoms with Crippen LogP contribution in [0.4, 0.5) is 0 Å². The van der Waals surface area contributed by atoms with E-state index in [0.717, 1.165) is 13.0 Å². The summed E-state index contributed by atoms with van der Waals surface area (Å²) in [7, 11) is 0. The molecule has 0 radical (unpaired) electrons. The second kappa shape index (κ2) is 5.30. The lowest BCUT2D eigenvalue weighted by Crippen LogP contribution is -2.04. The molecule has 0 saturated carbocycles. The van der Waals surface area contributed by atoms with Crippen LogP contribution < -0.4 is 5.73 Å². The summed E-state index contributed by atoms with van der Waals surface area (Å²) in [6, 6.07) is 8.51. The zero-order chi connectivity index (χ0) is 9.68. The number of benzene rings is 1. The van der Waals surface area contributed by atoms with Crippen molar-refractivity contribution in [1.29, 1.82) is 0 Å². The first-order valence-electron chi connectivity index (χ1n) is 4.68. The van der Waals surface area contributed by atoms with E-state index in [9.17, 15) is 0 Å². The fourth-order valence-corrected chi connectivity index (χ4v) is 2.22. The van der Waals surface area contributed by atoms with Crippen molar-refractivity contribution in [3.8, 4) is 0 Å². The number of rotatable bonds is 4. The minimum absolute atomic E-state index is 0.638. The van der Waals surface area contributed by atoms with Crippen molar-refractivity contribution in [1.82, 2.24) is 0 Å². The monoisotopic (exact) mass is 195 g/mol. The minimum atomic E-state index is 0.638. The zero-order valence-electron chi connectivity index (χ0n) is 8.29. The summed E-state index contributed by atoms with van der Waals surface area (Å²) < 4.78 is 0. The molecule has 1 aromatic carbocycles. The quantitative estimate of drug-likeness (QED) is 0.748. The molecule has 0 saturated heterocycles. The Labute approximate surface area is 84.7 Å². The predicted octanol–water partition coefficient (Wildman–Crippen LogP) is 2.69. The Morgan fingerprint density at radius 3 is 2.62 bits per heavy atom. The highest BCUT2D eigenvalue weighted by Gasteiger charge is 2.03. The number of hydrogen-bond acceptors (Lipinski definition) is 2. The van der Waals surface area contributed by atoms with Crippen molar-refractivity contribution in [3.63, 3.8) is 0 Å². The smallest absolute Gasteiger partial charge is 0.0107 e. The zero-order valence-corrected chi connectivity index (χ0v) is 9.10. The maximum Gasteiger partial charge on any atom is 0.0107 e. The van der Waals surface area contributed by atoms with E-state index in [0.29, 0.717) is 5.25 Å². The highest BCUT2D eigenvalue weighted by atomic mass is 32.2. The van der Waals surface area contributed by atoms with Crippen LogP contribution in [-0.2, 0) is 6.42 Å². The first-order valence-corrected chi connectivity index (χ1v) is 5.56. The van der Waals surface area contributed by atoms with Crippen LogP contribution in [0, 0.1) is 0 Å². The van der Waals surface area contributed by atoms with Crippen molar-refractivity contribution in [2.24, 2.45) is 5.73 Å². The summed E-state index contributed by atoms with van der Waals surface area (Å²) in [4.78, 5) is 1.38. The number of hydrogen-bond donors (Lipinski definition) is 1. The van der Waals surface area contributed by atoms with Gasteiger partial charge in [0.15, 0.2) is 0 Å². The van der Waals surface area contributed by atoms with E-state index in [1.807, 2.05) is 11.8 Å². The Morgan fingerprint density at radius 1 is 1.31 bits per heavy atom. The molecular formula is C11H17NS. The van der Waals surface area contributed by atoms with Gasteiger partial charge in [0, 0.05) is 10.1 Å². The van der Waals surface area contributed by atoms with Gasteiger partial charge in [0.05, 0.1) is 0 Å². The van der Waals surface area contributed by atoms with Crippen LogP contribution in [-0.4, -0.2) is 11.8 Å². The molecule has 1 nitrogen and oxygen atoms in total. The largest absolute Gasteiger partial charge is 0.330 e. The maximum absolute atomic E-state index is 5.55. The normalized spacial score (nSPS) is 10.8. The van der Waals surface area contributed by atoms with E-state index in [4.69, 9.17) is 5.73 Å². The molecule has 72 valence electrons. The predicted molar refractivity (Wildman–Crippen MR) is 60.2 cm³/mol. The fourth-order valence-electron chi connectivity index (χ4n) is 1.23. The summed E-state index contributed by atoms with van der Waals surface area (Å²) in [5, 5.41) is 0.638. The molecule has 2 N–H and O–H groups in total. The molecule has 0 unspecified atom stereocenters. The van der Waals surface area contributed by atoms with Crippen molar-refractivity contribution in [3.05, 3.63) is 29.8 Å². The van der Waals surface area contributed by atoms with Gasteiger partial charge >= 0.3 is 0 Å². The molecule has 1 rings (SSSR count). The van der Waals surface area contributed by atoms with Gasteiger partial charge in [-0.15, -0.1) is 11.8 Å². The molecule has 1 aromatic rings. The van der Waals surface area contributed by atoms with Crippen LogP contribution in [0.2, 0.25) is 0 Å². The van der Waals surface area contributed by atoms with Gasteiger partial charge in [-0.1, -0.05) is 32.0 Å². The van der Waals surface area contributed by atoms with Crippen molar-refractivity contribution < 1.29 is 0 Å². The Kier molecular flexibility index (Phi) is 4.33. The second-order valence-electron chi connectivity index (χ2n) is 3.31. The third kappa shape index (κ3) is 3.41. The second-order valence-corrected chi connectivity index (χ2v) is 4.93. The third-order valence-corrected chi connectivity index (χ3v) is 2.87. The summed E-state index contributed by atoms with van der Waals surface area (Å²) >= 11 is 1.91. The van der Waals surface area contributed by atoms with Gasteiger partial charge in [-0.05, 0) is 24.6 Å². The third-order valence-electron chi connectivity index (χ3n) is 1.75.